The summed E-state index contributed by atoms with van der Waals surface area (Å²) in [5.74, 6) is -0.569. The van der Waals surface area contributed by atoms with Crippen molar-refractivity contribution in [2.24, 2.45) is 0 Å². The second-order valence-corrected chi connectivity index (χ2v) is 12.6. The number of hydrogen-bond donors (Lipinski definition) is 2. The summed E-state index contributed by atoms with van der Waals surface area (Å²) < 4.78 is 54.6. The minimum absolute atomic E-state index is 0.0265. The number of sulfonamides is 2. The predicted octanol–water partition coefficient (Wildman–Crippen LogP) is 4.58. The topological polar surface area (TPSA) is 113 Å². The van der Waals surface area contributed by atoms with E-state index in [2.05, 4.69) is 26.0 Å². The van der Waals surface area contributed by atoms with Gasteiger partial charge in [-0.15, -0.1) is 0 Å². The summed E-state index contributed by atoms with van der Waals surface area (Å²) in [5, 5.41) is 2.61. The number of aryl methyl sites for hydroxylation is 3. The van der Waals surface area contributed by atoms with Crippen LogP contribution in [0.5, 0.6) is 0 Å². The van der Waals surface area contributed by atoms with Crippen LogP contribution < -0.4 is 14.3 Å². The number of nitrogens with zero attached hydrogens (tertiary/aromatic N) is 1. The third kappa shape index (κ3) is 6.83. The summed E-state index contributed by atoms with van der Waals surface area (Å²) in [4.78, 5) is 12.7. The minimum Gasteiger partial charge on any atom is -0.325 e. The number of nitrogens with one attached hydrogen (secondary N) is 2. The monoisotopic (exact) mass is 579 g/mol. The van der Waals surface area contributed by atoms with Crippen molar-refractivity contribution < 1.29 is 21.6 Å². The molecule has 0 aromatic heterocycles. The molecule has 0 aliphatic carbocycles. The lowest BCUT2D eigenvalue weighted by Crippen LogP contribution is -2.37. The van der Waals surface area contributed by atoms with E-state index in [1.54, 1.807) is 24.3 Å². The molecule has 11 heteroatoms. The van der Waals surface area contributed by atoms with Crippen molar-refractivity contribution in [1.82, 2.24) is 0 Å². The number of benzene rings is 3. The zero-order valence-corrected chi connectivity index (χ0v) is 22.9. The van der Waals surface area contributed by atoms with E-state index in [4.69, 9.17) is 0 Å². The van der Waals surface area contributed by atoms with Gasteiger partial charge in [0.2, 0.25) is 15.9 Å². The van der Waals surface area contributed by atoms with Gasteiger partial charge in [0.1, 0.15) is 6.54 Å². The summed E-state index contributed by atoms with van der Waals surface area (Å²) >= 11 is 3.37. The first-order chi connectivity index (χ1) is 16.3. The Labute approximate surface area is 214 Å². The summed E-state index contributed by atoms with van der Waals surface area (Å²) in [7, 11) is -7.56. The van der Waals surface area contributed by atoms with Crippen molar-refractivity contribution >= 4 is 58.9 Å². The van der Waals surface area contributed by atoms with Gasteiger partial charge in [0, 0.05) is 10.2 Å². The quantitative estimate of drug-likeness (QED) is 0.405. The normalized spacial score (nSPS) is 11.7. The molecule has 0 aliphatic rings. The lowest BCUT2D eigenvalue weighted by molar-refractivity contribution is -0.114. The second kappa shape index (κ2) is 10.4. The van der Waals surface area contributed by atoms with Gasteiger partial charge in [-0.2, -0.15) is 0 Å². The number of carbonyl (C=O) groups is 1. The lowest BCUT2D eigenvalue weighted by Gasteiger charge is -2.22. The molecule has 0 bridgehead atoms. The molecule has 0 aliphatic heterocycles. The Morgan fingerprint density at radius 2 is 1.54 bits per heavy atom. The number of amides is 1. The van der Waals surface area contributed by atoms with E-state index in [0.29, 0.717) is 17.1 Å². The second-order valence-electron chi connectivity index (χ2n) is 8.20. The molecule has 1 amide bonds. The van der Waals surface area contributed by atoms with Crippen molar-refractivity contribution in [2.75, 3.05) is 27.1 Å². The number of halogens is 1. The zero-order chi connectivity index (χ0) is 26.0. The van der Waals surface area contributed by atoms with Gasteiger partial charge in [-0.3, -0.25) is 13.8 Å². The Morgan fingerprint density at radius 3 is 2.11 bits per heavy atom. The molecular formula is C24H26BrN3O5S2. The van der Waals surface area contributed by atoms with E-state index in [9.17, 15) is 21.6 Å². The van der Waals surface area contributed by atoms with Gasteiger partial charge in [-0.1, -0.05) is 33.6 Å². The van der Waals surface area contributed by atoms with E-state index in [1.165, 1.54) is 24.3 Å². The molecular weight excluding hydrogens is 554 g/mol. The largest absolute Gasteiger partial charge is 0.325 e. The highest BCUT2D eigenvalue weighted by Crippen LogP contribution is 2.25. The summed E-state index contributed by atoms with van der Waals surface area (Å²) in [6.07, 6.45) is 1.03. The van der Waals surface area contributed by atoms with E-state index in [1.807, 2.05) is 32.9 Å². The number of hydrogen-bond acceptors (Lipinski definition) is 5. The Hall–Kier alpha value is -2.89. The summed E-state index contributed by atoms with van der Waals surface area (Å²) in [6, 6.07) is 16.0. The Balaban J connectivity index is 1.73. The van der Waals surface area contributed by atoms with Crippen LogP contribution in [0.1, 0.15) is 16.7 Å². The van der Waals surface area contributed by atoms with Gasteiger partial charge in [-0.25, -0.2) is 16.8 Å². The molecule has 2 N–H and O–H groups in total. The van der Waals surface area contributed by atoms with Gasteiger partial charge in [0.05, 0.1) is 22.5 Å². The maximum atomic E-state index is 12.8. The molecule has 0 saturated heterocycles. The lowest BCUT2D eigenvalue weighted by atomic mass is 10.1. The first-order valence-corrected chi connectivity index (χ1v) is 14.6. The van der Waals surface area contributed by atoms with Crippen LogP contribution in [0.4, 0.5) is 17.1 Å². The van der Waals surface area contributed by atoms with Gasteiger partial charge >= 0.3 is 0 Å². The van der Waals surface area contributed by atoms with Crippen LogP contribution in [0.25, 0.3) is 0 Å². The molecule has 0 heterocycles. The van der Waals surface area contributed by atoms with E-state index >= 15 is 0 Å². The summed E-state index contributed by atoms with van der Waals surface area (Å²) in [6.45, 7) is 5.12. The molecule has 3 aromatic carbocycles. The molecule has 0 fully saturated rings. The Bertz CT molecular complexity index is 1470. The highest BCUT2D eigenvalue weighted by Gasteiger charge is 2.22. The van der Waals surface area contributed by atoms with Crippen molar-refractivity contribution in [1.29, 1.82) is 0 Å². The standard InChI is InChI=1S/C24H26BrN3O5S2/c1-16-5-12-23(18(3)13-16)27-35(32,33)21-9-6-19(7-10-21)26-24(29)15-28(34(4,30)31)20-8-11-22(25)17(2)14-20/h5-14,27H,15H2,1-4H3,(H,26,29). The first kappa shape index (κ1) is 26.7. The maximum absolute atomic E-state index is 12.8. The molecule has 8 nitrogen and oxygen atoms in total. The molecule has 0 unspecified atom stereocenters. The smallest absolute Gasteiger partial charge is 0.261 e. The highest BCUT2D eigenvalue weighted by molar-refractivity contribution is 9.10. The van der Waals surface area contributed by atoms with Crippen LogP contribution >= 0.6 is 15.9 Å². The maximum Gasteiger partial charge on any atom is 0.261 e. The Kier molecular flexibility index (Phi) is 7.93. The number of rotatable bonds is 8. The van der Waals surface area contributed by atoms with E-state index in [0.717, 1.165) is 31.7 Å². The van der Waals surface area contributed by atoms with Crippen LogP contribution in [-0.2, 0) is 24.8 Å². The van der Waals surface area contributed by atoms with Crippen LogP contribution in [-0.4, -0.2) is 35.5 Å². The van der Waals surface area contributed by atoms with Crippen molar-refractivity contribution in [3.05, 3.63) is 81.8 Å². The van der Waals surface area contributed by atoms with Gasteiger partial charge in [-0.05, 0) is 80.4 Å². The van der Waals surface area contributed by atoms with Crippen LogP contribution in [0.3, 0.4) is 0 Å². The van der Waals surface area contributed by atoms with Gasteiger partial charge in [0.15, 0.2) is 0 Å². The van der Waals surface area contributed by atoms with Crippen molar-refractivity contribution in [2.45, 2.75) is 25.7 Å². The third-order valence-corrected chi connectivity index (χ3v) is 8.60. The average molecular weight is 581 g/mol. The molecule has 0 radical (unpaired) electrons. The number of carbonyl (C=O) groups excluding carboxylic acids is 1. The van der Waals surface area contributed by atoms with E-state index in [-0.39, 0.29) is 4.90 Å². The van der Waals surface area contributed by atoms with Crippen molar-refractivity contribution in [3.8, 4) is 0 Å². The molecule has 3 aromatic rings. The fraction of sp³-hybridized carbons (Fsp3) is 0.208. The van der Waals surface area contributed by atoms with Gasteiger partial charge in [0.25, 0.3) is 10.0 Å². The summed E-state index contributed by atoms with van der Waals surface area (Å²) in [5.41, 5.74) is 3.83. The molecule has 35 heavy (non-hydrogen) atoms. The van der Waals surface area contributed by atoms with E-state index < -0.39 is 32.5 Å². The first-order valence-electron chi connectivity index (χ1n) is 10.5. The highest BCUT2D eigenvalue weighted by atomic mass is 79.9. The van der Waals surface area contributed by atoms with Crippen LogP contribution in [0, 0.1) is 20.8 Å². The zero-order valence-electron chi connectivity index (χ0n) is 19.7. The van der Waals surface area contributed by atoms with Crippen molar-refractivity contribution in [3.63, 3.8) is 0 Å². The predicted molar refractivity (Wildman–Crippen MR) is 143 cm³/mol. The fourth-order valence-corrected chi connectivity index (χ4v) is 5.59. The molecule has 3 rings (SSSR count). The third-order valence-electron chi connectivity index (χ3n) is 5.19. The average Bonchev–Trinajstić information content (AvgIpc) is 2.76. The molecule has 0 saturated carbocycles. The Morgan fingerprint density at radius 1 is 0.886 bits per heavy atom. The van der Waals surface area contributed by atoms with Crippen LogP contribution in [0.15, 0.2) is 70.0 Å². The molecule has 0 spiro atoms. The molecule has 0 atom stereocenters. The fourth-order valence-electron chi connectivity index (χ4n) is 3.36. The number of anilines is 3. The SMILES string of the molecule is Cc1ccc(NS(=O)(=O)c2ccc(NC(=O)CN(c3ccc(Br)c(C)c3)S(C)(=O)=O)cc2)c(C)c1. The minimum atomic E-state index is -3.83. The molecule has 186 valence electrons. The van der Waals surface area contributed by atoms with Crippen LogP contribution in [0.2, 0.25) is 0 Å². The van der Waals surface area contributed by atoms with Gasteiger partial charge < -0.3 is 5.32 Å².